The van der Waals surface area contributed by atoms with E-state index < -0.39 is 18.1 Å². The van der Waals surface area contributed by atoms with Crippen LogP contribution in [0.25, 0.3) is 0 Å². The van der Waals surface area contributed by atoms with Gasteiger partial charge in [-0.1, -0.05) is 16.8 Å². The maximum absolute atomic E-state index is 12.2. The number of thiazole rings is 1. The molecule has 0 spiro atoms. The van der Waals surface area contributed by atoms with Crippen molar-refractivity contribution in [1.82, 2.24) is 15.1 Å². The van der Waals surface area contributed by atoms with E-state index in [1.54, 1.807) is 0 Å². The van der Waals surface area contributed by atoms with Crippen molar-refractivity contribution in [3.63, 3.8) is 0 Å². The summed E-state index contributed by atoms with van der Waals surface area (Å²) in [5.74, 6) is -1.73. The lowest BCUT2D eigenvalue weighted by Crippen LogP contribution is -2.14. The van der Waals surface area contributed by atoms with Crippen molar-refractivity contribution in [2.24, 2.45) is 5.73 Å². The number of alkyl halides is 3. The summed E-state index contributed by atoms with van der Waals surface area (Å²) < 4.78 is 41.0. The molecule has 0 amide bonds. The van der Waals surface area contributed by atoms with Gasteiger partial charge < -0.3 is 10.3 Å². The Bertz CT molecular complexity index is 525. The van der Waals surface area contributed by atoms with Crippen LogP contribution in [-0.2, 0) is 6.18 Å². The van der Waals surface area contributed by atoms with Crippen molar-refractivity contribution in [1.29, 1.82) is 0 Å². The fourth-order valence-corrected chi connectivity index (χ4v) is 1.93. The highest BCUT2D eigenvalue weighted by molar-refractivity contribution is 7.15. The summed E-state index contributed by atoms with van der Waals surface area (Å²) >= 11 is 6.66. The molecule has 92 valence electrons. The molecule has 2 N–H and O–H groups in total. The highest BCUT2D eigenvalue weighted by atomic mass is 35.5. The molecule has 2 rings (SSSR count). The first-order valence-electron chi connectivity index (χ1n) is 4.15. The molecule has 1 atom stereocenters. The summed E-state index contributed by atoms with van der Waals surface area (Å²) in [6.07, 6.45) is -3.35. The Hall–Kier alpha value is -1.19. The summed E-state index contributed by atoms with van der Waals surface area (Å²) in [7, 11) is 0. The van der Waals surface area contributed by atoms with Crippen LogP contribution in [0.5, 0.6) is 0 Å². The molecule has 0 saturated carbocycles. The third-order valence-corrected chi connectivity index (χ3v) is 2.92. The van der Waals surface area contributed by atoms with E-state index in [1.165, 1.54) is 6.20 Å². The number of nitrogens with zero attached hydrogens (tertiary/aromatic N) is 3. The Morgan fingerprint density at radius 3 is 2.65 bits per heavy atom. The molecule has 0 fully saturated rings. The van der Waals surface area contributed by atoms with Gasteiger partial charge in [0.25, 0.3) is 0 Å². The second-order valence-electron chi connectivity index (χ2n) is 2.94. The minimum Gasteiger partial charge on any atom is -0.329 e. The number of halogens is 4. The Balaban J connectivity index is 2.26. The SMILES string of the molecule is NC(c1noc(C(F)(F)F)n1)c1ncc(Cl)s1. The minimum atomic E-state index is -4.69. The Kier molecular flexibility index (Phi) is 3.06. The lowest BCUT2D eigenvalue weighted by atomic mass is 10.3. The van der Waals surface area contributed by atoms with Crippen LogP contribution < -0.4 is 5.73 Å². The molecule has 10 heteroatoms. The van der Waals surface area contributed by atoms with Crippen LogP contribution >= 0.6 is 22.9 Å². The van der Waals surface area contributed by atoms with Gasteiger partial charge in [-0.15, -0.1) is 11.3 Å². The van der Waals surface area contributed by atoms with Gasteiger partial charge in [0.15, 0.2) is 5.82 Å². The zero-order valence-electron chi connectivity index (χ0n) is 7.90. The van der Waals surface area contributed by atoms with Crippen molar-refractivity contribution in [3.8, 4) is 0 Å². The normalized spacial score (nSPS) is 13.9. The van der Waals surface area contributed by atoms with Crippen molar-refractivity contribution in [3.05, 3.63) is 27.3 Å². The van der Waals surface area contributed by atoms with Gasteiger partial charge in [0.1, 0.15) is 15.4 Å². The Morgan fingerprint density at radius 2 is 2.18 bits per heavy atom. The summed E-state index contributed by atoms with van der Waals surface area (Å²) in [5, 5.41) is 3.47. The van der Waals surface area contributed by atoms with Gasteiger partial charge in [-0.3, -0.25) is 0 Å². The molecule has 0 aromatic carbocycles. The lowest BCUT2D eigenvalue weighted by Gasteiger charge is -2.01. The average Bonchev–Trinajstić information content (AvgIpc) is 2.83. The maximum Gasteiger partial charge on any atom is 0.471 e. The third kappa shape index (κ3) is 2.56. The van der Waals surface area contributed by atoms with Crippen molar-refractivity contribution >= 4 is 22.9 Å². The lowest BCUT2D eigenvalue weighted by molar-refractivity contribution is -0.159. The fraction of sp³-hybridized carbons (Fsp3) is 0.286. The minimum absolute atomic E-state index is 0.289. The predicted octanol–water partition coefficient (Wildman–Crippen LogP) is 2.25. The number of rotatable bonds is 2. The van der Waals surface area contributed by atoms with E-state index >= 15 is 0 Å². The molecular formula is C7H4ClF3N4OS. The molecule has 2 aromatic rings. The van der Waals surface area contributed by atoms with Gasteiger partial charge in [-0.25, -0.2) is 4.98 Å². The van der Waals surface area contributed by atoms with E-state index in [4.69, 9.17) is 17.3 Å². The first-order valence-corrected chi connectivity index (χ1v) is 5.35. The zero-order chi connectivity index (χ0) is 12.6. The van der Waals surface area contributed by atoms with E-state index in [-0.39, 0.29) is 5.82 Å². The molecule has 2 heterocycles. The molecule has 0 aliphatic heterocycles. The van der Waals surface area contributed by atoms with Crippen LogP contribution in [0.1, 0.15) is 22.8 Å². The van der Waals surface area contributed by atoms with E-state index in [0.717, 1.165) is 11.3 Å². The van der Waals surface area contributed by atoms with Gasteiger partial charge in [0, 0.05) is 0 Å². The number of hydrogen-bond donors (Lipinski definition) is 1. The Morgan fingerprint density at radius 1 is 1.47 bits per heavy atom. The van der Waals surface area contributed by atoms with Gasteiger partial charge in [-0.05, 0) is 0 Å². The monoisotopic (exact) mass is 284 g/mol. The van der Waals surface area contributed by atoms with Crippen molar-refractivity contribution in [2.45, 2.75) is 12.2 Å². The van der Waals surface area contributed by atoms with Crippen molar-refractivity contribution in [2.75, 3.05) is 0 Å². The number of hydrogen-bond acceptors (Lipinski definition) is 6. The second kappa shape index (κ2) is 4.24. The molecule has 17 heavy (non-hydrogen) atoms. The zero-order valence-corrected chi connectivity index (χ0v) is 9.47. The molecule has 1 unspecified atom stereocenters. The molecular weight excluding hydrogens is 281 g/mol. The van der Waals surface area contributed by atoms with Crippen LogP contribution in [0.15, 0.2) is 10.7 Å². The topological polar surface area (TPSA) is 77.8 Å². The van der Waals surface area contributed by atoms with Gasteiger partial charge in [-0.2, -0.15) is 18.2 Å². The maximum atomic E-state index is 12.2. The smallest absolute Gasteiger partial charge is 0.329 e. The standard InChI is InChI=1S/C7H4ClF3N4OS/c8-2-1-13-5(17-2)3(12)4-14-6(16-15-4)7(9,10)11/h1,3H,12H2. The van der Waals surface area contributed by atoms with Gasteiger partial charge >= 0.3 is 12.1 Å². The van der Waals surface area contributed by atoms with Crippen LogP contribution in [-0.4, -0.2) is 15.1 Å². The molecule has 2 aromatic heterocycles. The van der Waals surface area contributed by atoms with E-state index in [2.05, 4.69) is 19.6 Å². The van der Waals surface area contributed by atoms with E-state index in [1.807, 2.05) is 0 Å². The number of aromatic nitrogens is 3. The summed E-state index contributed by atoms with van der Waals surface area (Å²) in [6, 6.07) is -0.993. The van der Waals surface area contributed by atoms with Crippen LogP contribution in [0.4, 0.5) is 13.2 Å². The quantitative estimate of drug-likeness (QED) is 0.915. The largest absolute Gasteiger partial charge is 0.471 e. The van der Waals surface area contributed by atoms with Gasteiger partial charge in [0.05, 0.1) is 6.20 Å². The highest BCUT2D eigenvalue weighted by Crippen LogP contribution is 2.30. The Labute approximate surface area is 101 Å². The third-order valence-electron chi connectivity index (χ3n) is 1.72. The van der Waals surface area contributed by atoms with Crippen LogP contribution in [0.3, 0.4) is 0 Å². The predicted molar refractivity (Wildman–Crippen MR) is 52.5 cm³/mol. The second-order valence-corrected chi connectivity index (χ2v) is 4.63. The highest BCUT2D eigenvalue weighted by Gasteiger charge is 2.39. The molecule has 0 aliphatic carbocycles. The molecule has 5 nitrogen and oxygen atoms in total. The van der Waals surface area contributed by atoms with E-state index in [0.29, 0.717) is 9.34 Å². The molecule has 0 aliphatic rings. The van der Waals surface area contributed by atoms with Gasteiger partial charge in [0.2, 0.25) is 0 Å². The first-order chi connectivity index (χ1) is 7.88. The summed E-state index contributed by atoms with van der Waals surface area (Å²) in [6.45, 7) is 0. The number of nitrogens with two attached hydrogens (primary N) is 1. The molecule has 0 bridgehead atoms. The fourth-order valence-electron chi connectivity index (χ4n) is 0.998. The summed E-state index contributed by atoms with van der Waals surface area (Å²) in [5.41, 5.74) is 5.62. The summed E-state index contributed by atoms with van der Waals surface area (Å²) in [4.78, 5) is 6.99. The first kappa shape index (κ1) is 12.3. The van der Waals surface area contributed by atoms with Crippen LogP contribution in [0.2, 0.25) is 4.34 Å². The van der Waals surface area contributed by atoms with Crippen molar-refractivity contribution < 1.29 is 17.7 Å². The van der Waals surface area contributed by atoms with E-state index in [9.17, 15) is 13.2 Å². The molecule has 0 saturated heterocycles. The average molecular weight is 285 g/mol. The molecule has 0 radical (unpaired) electrons. The van der Waals surface area contributed by atoms with Crippen LogP contribution in [0, 0.1) is 0 Å².